The molecule has 1 aromatic heterocycles. The van der Waals surface area contributed by atoms with Gasteiger partial charge in [0.2, 0.25) is 0 Å². The summed E-state index contributed by atoms with van der Waals surface area (Å²) in [7, 11) is 0. The van der Waals surface area contributed by atoms with Crippen molar-refractivity contribution < 1.29 is 4.39 Å². The summed E-state index contributed by atoms with van der Waals surface area (Å²) in [6.07, 6.45) is 1.53. The summed E-state index contributed by atoms with van der Waals surface area (Å²) in [6.45, 7) is 3.71. The SMILES string of the molecule is C=NCc1cnn(-c2cccc(Cl)c2F)c1N. The summed E-state index contributed by atoms with van der Waals surface area (Å²) in [4.78, 5) is 3.71. The van der Waals surface area contributed by atoms with Gasteiger partial charge in [-0.05, 0) is 18.9 Å². The van der Waals surface area contributed by atoms with E-state index in [4.69, 9.17) is 17.3 Å². The maximum absolute atomic E-state index is 13.8. The van der Waals surface area contributed by atoms with Crippen LogP contribution in [-0.4, -0.2) is 16.5 Å². The Morgan fingerprint density at radius 2 is 2.29 bits per heavy atom. The van der Waals surface area contributed by atoms with Crippen LogP contribution in [0.15, 0.2) is 29.4 Å². The Labute approximate surface area is 103 Å². The smallest absolute Gasteiger partial charge is 0.167 e. The standard InChI is InChI=1S/C11H10ClFN4/c1-15-5-7-6-16-17(11(7)14)9-4-2-3-8(12)10(9)13/h2-4,6H,1,5,14H2. The first-order valence-corrected chi connectivity index (χ1v) is 5.22. The molecule has 17 heavy (non-hydrogen) atoms. The van der Waals surface area contributed by atoms with Gasteiger partial charge in [-0.3, -0.25) is 4.99 Å². The van der Waals surface area contributed by atoms with E-state index in [1.54, 1.807) is 12.1 Å². The second-order valence-corrected chi connectivity index (χ2v) is 3.83. The van der Waals surface area contributed by atoms with Crippen LogP contribution in [0.3, 0.4) is 0 Å². The molecule has 0 radical (unpaired) electrons. The molecule has 0 atom stereocenters. The highest BCUT2D eigenvalue weighted by atomic mass is 35.5. The second-order valence-electron chi connectivity index (χ2n) is 3.42. The molecular weight excluding hydrogens is 243 g/mol. The molecule has 1 aromatic carbocycles. The molecule has 0 unspecified atom stereocenters. The lowest BCUT2D eigenvalue weighted by Crippen LogP contribution is -2.05. The van der Waals surface area contributed by atoms with Gasteiger partial charge in [0.25, 0.3) is 0 Å². The topological polar surface area (TPSA) is 56.2 Å². The second kappa shape index (κ2) is 4.55. The number of nitrogen functional groups attached to an aromatic ring is 1. The Bertz CT molecular complexity index is 565. The summed E-state index contributed by atoms with van der Waals surface area (Å²) < 4.78 is 15.1. The van der Waals surface area contributed by atoms with Crippen LogP contribution in [0, 0.1) is 5.82 Å². The third-order valence-corrected chi connectivity index (χ3v) is 2.62. The van der Waals surface area contributed by atoms with Crippen LogP contribution < -0.4 is 5.73 Å². The van der Waals surface area contributed by atoms with Crippen LogP contribution in [0.5, 0.6) is 0 Å². The number of benzene rings is 1. The molecule has 0 aliphatic heterocycles. The highest BCUT2D eigenvalue weighted by molar-refractivity contribution is 6.30. The van der Waals surface area contributed by atoms with E-state index < -0.39 is 5.82 Å². The van der Waals surface area contributed by atoms with Gasteiger partial charge in [0.05, 0.1) is 17.8 Å². The molecule has 0 aliphatic rings. The molecule has 0 fully saturated rings. The Morgan fingerprint density at radius 1 is 1.53 bits per heavy atom. The van der Waals surface area contributed by atoms with Gasteiger partial charge in [-0.15, -0.1) is 0 Å². The molecule has 0 amide bonds. The average Bonchev–Trinajstić information content (AvgIpc) is 2.66. The lowest BCUT2D eigenvalue weighted by molar-refractivity contribution is 0.612. The van der Waals surface area contributed by atoms with Crippen molar-refractivity contribution in [2.24, 2.45) is 4.99 Å². The zero-order chi connectivity index (χ0) is 12.4. The number of halogens is 2. The lowest BCUT2D eigenvalue weighted by Gasteiger charge is -2.06. The van der Waals surface area contributed by atoms with Crippen LogP contribution in [0.25, 0.3) is 5.69 Å². The molecule has 4 nitrogen and oxygen atoms in total. The van der Waals surface area contributed by atoms with Crippen LogP contribution in [0.1, 0.15) is 5.56 Å². The third-order valence-electron chi connectivity index (χ3n) is 2.33. The minimum Gasteiger partial charge on any atom is -0.383 e. The summed E-state index contributed by atoms with van der Waals surface area (Å²) in [5.41, 5.74) is 6.75. The van der Waals surface area contributed by atoms with Gasteiger partial charge in [0.1, 0.15) is 11.5 Å². The van der Waals surface area contributed by atoms with E-state index in [0.717, 1.165) is 0 Å². The van der Waals surface area contributed by atoms with Crippen molar-refractivity contribution in [2.75, 3.05) is 5.73 Å². The summed E-state index contributed by atoms with van der Waals surface area (Å²) in [6, 6.07) is 4.65. The first-order chi connectivity index (χ1) is 8.15. The molecule has 2 aromatic rings. The highest BCUT2D eigenvalue weighted by Crippen LogP contribution is 2.24. The fourth-order valence-corrected chi connectivity index (χ4v) is 1.65. The fourth-order valence-electron chi connectivity index (χ4n) is 1.48. The van der Waals surface area contributed by atoms with Gasteiger partial charge in [0, 0.05) is 5.56 Å². The van der Waals surface area contributed by atoms with E-state index in [2.05, 4.69) is 16.8 Å². The van der Waals surface area contributed by atoms with E-state index in [-0.39, 0.29) is 10.7 Å². The van der Waals surface area contributed by atoms with Gasteiger partial charge in [-0.25, -0.2) is 9.07 Å². The summed E-state index contributed by atoms with van der Waals surface area (Å²) >= 11 is 5.70. The van der Waals surface area contributed by atoms with Crippen LogP contribution in [-0.2, 0) is 6.54 Å². The van der Waals surface area contributed by atoms with E-state index >= 15 is 0 Å². The molecule has 0 bridgehead atoms. The highest BCUT2D eigenvalue weighted by Gasteiger charge is 2.13. The van der Waals surface area contributed by atoms with Crippen molar-refractivity contribution >= 4 is 24.1 Å². The molecular formula is C11H10ClFN4. The summed E-state index contributed by atoms with van der Waals surface area (Å²) in [5.74, 6) is -0.222. The molecule has 0 saturated heterocycles. The van der Waals surface area contributed by atoms with E-state index in [0.29, 0.717) is 17.9 Å². The molecule has 1 heterocycles. The van der Waals surface area contributed by atoms with Crippen molar-refractivity contribution in [3.05, 3.63) is 40.8 Å². The number of rotatable bonds is 3. The number of nitrogens with two attached hydrogens (primary N) is 1. The third kappa shape index (κ3) is 2.01. The monoisotopic (exact) mass is 252 g/mol. The normalized spacial score (nSPS) is 10.5. The minimum absolute atomic E-state index is 0.0285. The number of aliphatic imine (C=N–C) groups is 1. The predicted octanol–water partition coefficient (Wildman–Crippen LogP) is 2.45. The van der Waals surface area contributed by atoms with Gasteiger partial charge < -0.3 is 5.73 Å². The number of hydrogen-bond acceptors (Lipinski definition) is 3. The van der Waals surface area contributed by atoms with Crippen molar-refractivity contribution in [1.29, 1.82) is 0 Å². The van der Waals surface area contributed by atoms with Gasteiger partial charge >= 0.3 is 0 Å². The Balaban J connectivity index is 2.53. The van der Waals surface area contributed by atoms with E-state index in [9.17, 15) is 4.39 Å². The van der Waals surface area contributed by atoms with E-state index in [1.807, 2.05) is 0 Å². The zero-order valence-corrected chi connectivity index (χ0v) is 9.65. The largest absolute Gasteiger partial charge is 0.383 e. The Hall–Kier alpha value is -1.88. The number of nitrogens with zero attached hydrogens (tertiary/aromatic N) is 3. The fraction of sp³-hybridized carbons (Fsp3) is 0.0909. The number of anilines is 1. The van der Waals surface area contributed by atoms with Gasteiger partial charge in [-0.2, -0.15) is 5.10 Å². The van der Waals surface area contributed by atoms with Crippen molar-refractivity contribution in [1.82, 2.24) is 9.78 Å². The quantitative estimate of drug-likeness (QED) is 0.853. The first kappa shape index (κ1) is 11.6. The predicted molar refractivity (Wildman–Crippen MR) is 66.2 cm³/mol. The van der Waals surface area contributed by atoms with Crippen molar-refractivity contribution in [2.45, 2.75) is 6.54 Å². The van der Waals surface area contributed by atoms with E-state index in [1.165, 1.54) is 16.9 Å². The molecule has 2 rings (SSSR count). The molecule has 0 saturated carbocycles. The maximum Gasteiger partial charge on any atom is 0.167 e. The minimum atomic E-state index is -0.554. The maximum atomic E-state index is 13.8. The zero-order valence-electron chi connectivity index (χ0n) is 8.90. The Morgan fingerprint density at radius 3 is 3.00 bits per heavy atom. The molecule has 2 N–H and O–H groups in total. The van der Waals surface area contributed by atoms with Crippen LogP contribution >= 0.6 is 11.6 Å². The summed E-state index contributed by atoms with van der Waals surface area (Å²) in [5, 5.41) is 4.04. The Kier molecular flexibility index (Phi) is 3.10. The first-order valence-electron chi connectivity index (χ1n) is 4.84. The van der Waals surface area contributed by atoms with Crippen molar-refractivity contribution in [3.63, 3.8) is 0 Å². The number of hydrogen-bond donors (Lipinski definition) is 1. The van der Waals surface area contributed by atoms with Crippen LogP contribution in [0.2, 0.25) is 5.02 Å². The average molecular weight is 253 g/mol. The molecule has 0 aliphatic carbocycles. The van der Waals surface area contributed by atoms with Crippen LogP contribution in [0.4, 0.5) is 10.2 Å². The molecule has 6 heteroatoms. The van der Waals surface area contributed by atoms with Gasteiger partial charge in [0.15, 0.2) is 5.82 Å². The van der Waals surface area contributed by atoms with Crippen molar-refractivity contribution in [3.8, 4) is 5.69 Å². The lowest BCUT2D eigenvalue weighted by atomic mass is 10.3. The van der Waals surface area contributed by atoms with Gasteiger partial charge in [-0.1, -0.05) is 17.7 Å². The molecule has 0 spiro atoms. The number of aromatic nitrogens is 2. The molecule has 88 valence electrons.